The molecule has 0 aliphatic carbocycles. The number of fused-ring (bicyclic) bond motifs is 1. The smallest absolute Gasteiger partial charge is 0.322 e. The molecule has 0 spiro atoms. The zero-order chi connectivity index (χ0) is 24.4. The lowest BCUT2D eigenvalue weighted by molar-refractivity contribution is -0.124. The monoisotopic (exact) mass is 469 g/mol. The van der Waals surface area contributed by atoms with Crippen LogP contribution >= 0.6 is 0 Å². The molecule has 1 atom stereocenters. The highest BCUT2D eigenvalue weighted by atomic mass is 19.1. The maximum absolute atomic E-state index is 13.5. The van der Waals surface area contributed by atoms with Crippen molar-refractivity contribution in [2.75, 3.05) is 6.61 Å². The Hall–Kier alpha value is -4.77. The molecular weight excluding hydrogens is 449 g/mol. The molecule has 3 N–H and O–H groups in total. The van der Waals surface area contributed by atoms with Crippen LogP contribution in [0.3, 0.4) is 0 Å². The van der Waals surface area contributed by atoms with E-state index >= 15 is 0 Å². The van der Waals surface area contributed by atoms with E-state index in [0.29, 0.717) is 22.1 Å². The summed E-state index contributed by atoms with van der Waals surface area (Å²) in [5, 5.41) is 17.0. The van der Waals surface area contributed by atoms with Crippen molar-refractivity contribution in [1.82, 2.24) is 15.2 Å². The van der Waals surface area contributed by atoms with E-state index in [1.165, 1.54) is 28.8 Å². The molecule has 1 fully saturated rings. The Kier molecular flexibility index (Phi) is 5.59. The first-order chi connectivity index (χ1) is 16.9. The number of halogens is 1. The molecule has 1 aliphatic rings. The molecule has 4 aromatic rings. The standard InChI is InChI=1S/C27H20FN3O4/c28-21-11-9-20(10-12-21)27(25(33)29-26(34)30-27)17-31-16-19-8-13-22(15-23(19)24(31)32)35-14-4-7-18-5-2-1-3-6-18/h1-3,5-6,8-13,15-16,32H,14,17H2,(H2,29,30,33,34)/t27-/m0/s1. The Bertz CT molecular complexity index is 1490. The molecular formula is C27H20FN3O4. The molecule has 174 valence electrons. The molecule has 0 bridgehead atoms. The highest BCUT2D eigenvalue weighted by Crippen LogP contribution is 2.35. The van der Waals surface area contributed by atoms with Gasteiger partial charge in [0.2, 0.25) is 0 Å². The fourth-order valence-electron chi connectivity index (χ4n) is 4.10. The third-order valence-electron chi connectivity index (χ3n) is 5.84. The number of aromatic nitrogens is 1. The van der Waals surface area contributed by atoms with Gasteiger partial charge in [-0.25, -0.2) is 9.18 Å². The highest BCUT2D eigenvalue weighted by Gasteiger charge is 2.48. The number of hydrogen-bond donors (Lipinski definition) is 3. The number of nitrogens with one attached hydrogen (secondary N) is 2. The average molecular weight is 469 g/mol. The van der Waals surface area contributed by atoms with Gasteiger partial charge in [0.05, 0.1) is 6.54 Å². The van der Waals surface area contributed by atoms with Gasteiger partial charge in [-0.2, -0.15) is 0 Å². The van der Waals surface area contributed by atoms with E-state index in [2.05, 4.69) is 22.5 Å². The van der Waals surface area contributed by atoms with Gasteiger partial charge in [0.1, 0.15) is 18.2 Å². The first-order valence-corrected chi connectivity index (χ1v) is 10.8. The van der Waals surface area contributed by atoms with E-state index in [4.69, 9.17) is 4.74 Å². The molecule has 1 saturated heterocycles. The van der Waals surface area contributed by atoms with Crippen molar-refractivity contribution in [2.45, 2.75) is 12.1 Å². The lowest BCUT2D eigenvalue weighted by Crippen LogP contribution is -2.47. The predicted octanol–water partition coefficient (Wildman–Crippen LogP) is 3.65. The molecule has 3 amide bonds. The number of amides is 3. The second-order valence-corrected chi connectivity index (χ2v) is 8.11. The van der Waals surface area contributed by atoms with Gasteiger partial charge >= 0.3 is 6.03 Å². The summed E-state index contributed by atoms with van der Waals surface area (Å²) in [7, 11) is 0. The lowest BCUT2D eigenvalue weighted by Gasteiger charge is -2.27. The molecule has 5 rings (SSSR count). The van der Waals surface area contributed by atoms with Gasteiger partial charge in [-0.15, -0.1) is 0 Å². The summed E-state index contributed by atoms with van der Waals surface area (Å²) in [6, 6.07) is 19.4. The van der Waals surface area contributed by atoms with Crippen LogP contribution in [-0.4, -0.2) is 28.2 Å². The Morgan fingerprint density at radius 2 is 1.80 bits per heavy atom. The van der Waals surface area contributed by atoms with Crippen molar-refractivity contribution in [2.24, 2.45) is 0 Å². The number of benzene rings is 3. The van der Waals surface area contributed by atoms with Crippen molar-refractivity contribution in [3.8, 4) is 23.5 Å². The van der Waals surface area contributed by atoms with E-state index in [1.807, 2.05) is 30.3 Å². The summed E-state index contributed by atoms with van der Waals surface area (Å²) in [4.78, 5) is 24.8. The van der Waals surface area contributed by atoms with Crippen LogP contribution in [0.5, 0.6) is 11.6 Å². The van der Waals surface area contributed by atoms with Crippen LogP contribution < -0.4 is 15.4 Å². The number of imide groups is 1. The topological polar surface area (TPSA) is 92.6 Å². The SMILES string of the molecule is O=C1NC(=O)[C@](Cn2cc3ccc(OCC#Cc4ccccc4)cc3c2O)(c2ccc(F)cc2)N1. The Balaban J connectivity index is 1.41. The average Bonchev–Trinajstić information content (AvgIpc) is 3.32. The molecule has 1 aliphatic heterocycles. The quantitative estimate of drug-likeness (QED) is 0.307. The van der Waals surface area contributed by atoms with Crippen molar-refractivity contribution in [3.63, 3.8) is 0 Å². The molecule has 35 heavy (non-hydrogen) atoms. The van der Waals surface area contributed by atoms with Crippen LogP contribution in [0.2, 0.25) is 0 Å². The summed E-state index contributed by atoms with van der Waals surface area (Å²) in [6.45, 7) is 0.0667. The summed E-state index contributed by atoms with van der Waals surface area (Å²) < 4.78 is 20.7. The van der Waals surface area contributed by atoms with Crippen LogP contribution in [0.25, 0.3) is 10.8 Å². The third kappa shape index (κ3) is 4.27. The lowest BCUT2D eigenvalue weighted by atomic mass is 9.89. The number of nitrogens with zero attached hydrogens (tertiary/aromatic N) is 1. The Morgan fingerprint density at radius 3 is 2.51 bits per heavy atom. The number of aromatic hydroxyl groups is 1. The Labute approximate surface area is 200 Å². The van der Waals surface area contributed by atoms with Gasteiger partial charge < -0.3 is 19.7 Å². The fourth-order valence-corrected chi connectivity index (χ4v) is 4.10. The van der Waals surface area contributed by atoms with E-state index in [-0.39, 0.29) is 19.0 Å². The van der Waals surface area contributed by atoms with Crippen molar-refractivity contribution in [1.29, 1.82) is 0 Å². The number of ether oxygens (including phenoxy) is 1. The second-order valence-electron chi connectivity index (χ2n) is 8.11. The van der Waals surface area contributed by atoms with Crippen LogP contribution in [-0.2, 0) is 16.9 Å². The minimum Gasteiger partial charge on any atom is -0.494 e. The second kappa shape index (κ2) is 8.88. The normalized spacial score (nSPS) is 16.9. The minimum absolute atomic E-state index is 0.101. The molecule has 0 saturated carbocycles. The number of hydrogen-bond acceptors (Lipinski definition) is 4. The largest absolute Gasteiger partial charge is 0.494 e. The zero-order valence-electron chi connectivity index (χ0n) is 18.4. The fraction of sp³-hybridized carbons (Fsp3) is 0.111. The first kappa shape index (κ1) is 22.0. The third-order valence-corrected chi connectivity index (χ3v) is 5.84. The molecule has 0 radical (unpaired) electrons. The molecule has 1 aromatic heterocycles. The summed E-state index contributed by atoms with van der Waals surface area (Å²) in [6.07, 6.45) is 1.67. The summed E-state index contributed by atoms with van der Waals surface area (Å²) in [5.74, 6) is 5.33. The predicted molar refractivity (Wildman–Crippen MR) is 127 cm³/mol. The number of rotatable bonds is 5. The van der Waals surface area contributed by atoms with Crippen LogP contribution in [0.15, 0.2) is 79.0 Å². The zero-order valence-corrected chi connectivity index (χ0v) is 18.4. The molecule has 0 unspecified atom stereocenters. The van der Waals surface area contributed by atoms with Gasteiger partial charge in [0.25, 0.3) is 5.91 Å². The van der Waals surface area contributed by atoms with Crippen LogP contribution in [0.1, 0.15) is 11.1 Å². The number of carbonyl (C=O) groups excluding carboxylic acids is 2. The Morgan fingerprint density at radius 1 is 1.03 bits per heavy atom. The van der Waals surface area contributed by atoms with Crippen molar-refractivity contribution < 1.29 is 23.8 Å². The van der Waals surface area contributed by atoms with Crippen LogP contribution in [0.4, 0.5) is 9.18 Å². The molecule has 8 heteroatoms. The molecule has 3 aromatic carbocycles. The highest BCUT2D eigenvalue weighted by molar-refractivity contribution is 6.07. The van der Waals surface area contributed by atoms with E-state index in [1.54, 1.807) is 24.4 Å². The van der Waals surface area contributed by atoms with Gasteiger partial charge in [-0.05, 0) is 48.0 Å². The maximum Gasteiger partial charge on any atom is 0.322 e. The van der Waals surface area contributed by atoms with Gasteiger partial charge in [-0.3, -0.25) is 10.1 Å². The maximum atomic E-state index is 13.5. The van der Waals surface area contributed by atoms with E-state index in [9.17, 15) is 19.1 Å². The summed E-state index contributed by atoms with van der Waals surface area (Å²) in [5.41, 5.74) is -0.233. The van der Waals surface area contributed by atoms with Crippen molar-refractivity contribution in [3.05, 3.63) is 95.9 Å². The van der Waals surface area contributed by atoms with Crippen molar-refractivity contribution >= 4 is 22.7 Å². The number of urea groups is 1. The van der Waals surface area contributed by atoms with Gasteiger partial charge in [0, 0.05) is 22.5 Å². The van der Waals surface area contributed by atoms with E-state index in [0.717, 1.165) is 5.56 Å². The summed E-state index contributed by atoms with van der Waals surface area (Å²) >= 11 is 0. The minimum atomic E-state index is -1.51. The van der Waals surface area contributed by atoms with Crippen LogP contribution in [0, 0.1) is 17.7 Å². The molecule has 2 heterocycles. The number of carbonyl (C=O) groups is 2. The van der Waals surface area contributed by atoms with E-state index < -0.39 is 23.3 Å². The first-order valence-electron chi connectivity index (χ1n) is 10.8. The van der Waals surface area contributed by atoms with Gasteiger partial charge in [0.15, 0.2) is 11.4 Å². The van der Waals surface area contributed by atoms with Gasteiger partial charge in [-0.1, -0.05) is 42.2 Å². The molecule has 7 nitrogen and oxygen atoms in total.